The Labute approximate surface area is 156 Å². The minimum absolute atomic E-state index is 0.752. The number of fused-ring (bicyclic) bond motifs is 3. The normalized spacial score (nSPS) is 11.3. The monoisotopic (exact) mass is 354 g/mol. The van der Waals surface area contributed by atoms with Crippen LogP contribution in [0.15, 0.2) is 91.3 Å². The lowest BCUT2D eigenvalue weighted by Crippen LogP contribution is -1.84. The lowest BCUT2D eigenvalue weighted by Gasteiger charge is -2.02. The molecule has 0 atom stereocenters. The summed E-state index contributed by atoms with van der Waals surface area (Å²) in [5.74, 6) is 0. The number of rotatable bonds is 2. The Hall–Kier alpha value is -3.10. The Bertz CT molecular complexity index is 1220. The second kappa shape index (κ2) is 6.01. The molecular weight excluding hydrogens is 340 g/mol. The maximum absolute atomic E-state index is 6.32. The zero-order valence-electron chi connectivity index (χ0n) is 13.9. The van der Waals surface area contributed by atoms with Crippen LogP contribution in [0.4, 0.5) is 0 Å². The molecule has 0 amide bonds. The third kappa shape index (κ3) is 2.47. The number of hydrogen-bond acceptors (Lipinski definition) is 1. The van der Waals surface area contributed by atoms with E-state index in [1.807, 2.05) is 30.5 Å². The average Bonchev–Trinajstić information content (AvgIpc) is 3.14. The van der Waals surface area contributed by atoms with Crippen LogP contribution < -0.4 is 0 Å². The number of nitrogens with zero attached hydrogens (tertiary/aromatic N) is 2. The predicted octanol–water partition coefficient (Wildman–Crippen LogP) is 6.47. The first-order valence-electron chi connectivity index (χ1n) is 8.51. The van der Waals surface area contributed by atoms with Gasteiger partial charge in [-0.1, -0.05) is 78.3 Å². The number of halogens is 1. The molecule has 0 saturated carbocycles. The quantitative estimate of drug-likeness (QED) is 0.355. The zero-order valence-corrected chi connectivity index (χ0v) is 14.7. The highest BCUT2D eigenvalue weighted by atomic mass is 35.5. The molecule has 2 heterocycles. The molecule has 0 N–H and O–H groups in total. The van der Waals surface area contributed by atoms with Crippen molar-refractivity contribution in [1.82, 2.24) is 9.38 Å². The van der Waals surface area contributed by atoms with E-state index in [2.05, 4.69) is 65.2 Å². The fourth-order valence-corrected chi connectivity index (χ4v) is 3.60. The van der Waals surface area contributed by atoms with Gasteiger partial charge in [0.2, 0.25) is 0 Å². The van der Waals surface area contributed by atoms with Gasteiger partial charge in [0.05, 0.1) is 5.69 Å². The molecule has 2 aromatic heterocycles. The summed E-state index contributed by atoms with van der Waals surface area (Å²) in [6.07, 6.45) is 4.07. The van der Waals surface area contributed by atoms with Gasteiger partial charge >= 0.3 is 0 Å². The highest BCUT2D eigenvalue weighted by Crippen LogP contribution is 2.29. The van der Waals surface area contributed by atoms with E-state index in [1.165, 1.54) is 11.1 Å². The lowest BCUT2D eigenvalue weighted by molar-refractivity contribution is 1.20. The van der Waals surface area contributed by atoms with Gasteiger partial charge in [-0.2, -0.15) is 0 Å². The Balaban J connectivity index is 1.61. The summed E-state index contributed by atoms with van der Waals surface area (Å²) in [7, 11) is 0. The van der Waals surface area contributed by atoms with Crippen molar-refractivity contribution in [3.63, 3.8) is 0 Å². The number of pyridine rings is 1. The SMILES string of the molecule is Clc1cccc2c1ccn1cc(-c3ccc(-c4ccccc4)cc3)nc21. The summed E-state index contributed by atoms with van der Waals surface area (Å²) < 4.78 is 2.05. The predicted molar refractivity (Wildman–Crippen MR) is 109 cm³/mol. The first-order chi connectivity index (χ1) is 12.8. The van der Waals surface area contributed by atoms with Crippen molar-refractivity contribution >= 4 is 28.0 Å². The van der Waals surface area contributed by atoms with Crippen LogP contribution in [0.25, 0.3) is 38.8 Å². The highest BCUT2D eigenvalue weighted by molar-refractivity contribution is 6.35. The van der Waals surface area contributed by atoms with Crippen LogP contribution in [0.2, 0.25) is 5.02 Å². The number of imidazole rings is 1. The van der Waals surface area contributed by atoms with Gasteiger partial charge in [0.15, 0.2) is 0 Å². The number of hydrogen-bond donors (Lipinski definition) is 0. The summed E-state index contributed by atoms with van der Waals surface area (Å²) in [5.41, 5.74) is 5.40. The van der Waals surface area contributed by atoms with Crippen molar-refractivity contribution in [2.24, 2.45) is 0 Å². The lowest BCUT2D eigenvalue weighted by atomic mass is 10.0. The summed E-state index contributed by atoms with van der Waals surface area (Å²) in [5, 5.41) is 2.84. The van der Waals surface area contributed by atoms with Crippen molar-refractivity contribution in [2.75, 3.05) is 0 Å². The van der Waals surface area contributed by atoms with Crippen molar-refractivity contribution in [2.45, 2.75) is 0 Å². The topological polar surface area (TPSA) is 17.3 Å². The molecule has 3 aromatic carbocycles. The van der Waals surface area contributed by atoms with E-state index in [4.69, 9.17) is 16.6 Å². The Morgan fingerprint density at radius 3 is 2.19 bits per heavy atom. The molecule has 3 heteroatoms. The highest BCUT2D eigenvalue weighted by Gasteiger charge is 2.09. The minimum Gasteiger partial charge on any atom is -0.306 e. The van der Waals surface area contributed by atoms with Crippen LogP contribution in [0.5, 0.6) is 0 Å². The van der Waals surface area contributed by atoms with Crippen molar-refractivity contribution in [3.05, 3.63) is 96.3 Å². The molecule has 124 valence electrons. The molecule has 0 bridgehead atoms. The molecule has 0 fully saturated rings. The van der Waals surface area contributed by atoms with Crippen LogP contribution in [0.3, 0.4) is 0 Å². The molecule has 0 aliphatic heterocycles. The Morgan fingerprint density at radius 1 is 0.654 bits per heavy atom. The maximum atomic E-state index is 6.32. The van der Waals surface area contributed by atoms with Crippen LogP contribution in [-0.2, 0) is 0 Å². The van der Waals surface area contributed by atoms with E-state index in [-0.39, 0.29) is 0 Å². The molecule has 0 saturated heterocycles. The largest absolute Gasteiger partial charge is 0.306 e. The van der Waals surface area contributed by atoms with E-state index < -0.39 is 0 Å². The molecule has 0 aliphatic carbocycles. The van der Waals surface area contributed by atoms with Crippen molar-refractivity contribution in [1.29, 1.82) is 0 Å². The van der Waals surface area contributed by atoms with Crippen LogP contribution in [-0.4, -0.2) is 9.38 Å². The second-order valence-corrected chi connectivity index (χ2v) is 6.72. The van der Waals surface area contributed by atoms with E-state index >= 15 is 0 Å². The standard InChI is InChI=1S/C23H15ClN2/c24-21-8-4-7-20-19(21)13-14-26-15-22(25-23(20)26)18-11-9-17(10-12-18)16-5-2-1-3-6-16/h1-15H. The first-order valence-corrected chi connectivity index (χ1v) is 8.89. The van der Waals surface area contributed by atoms with Crippen molar-refractivity contribution in [3.8, 4) is 22.4 Å². The first kappa shape index (κ1) is 15.2. The average molecular weight is 355 g/mol. The number of benzene rings is 3. The Kier molecular flexibility index (Phi) is 3.51. The van der Waals surface area contributed by atoms with Gasteiger partial charge in [0.25, 0.3) is 0 Å². The summed E-state index contributed by atoms with van der Waals surface area (Å²) in [4.78, 5) is 4.86. The summed E-state index contributed by atoms with van der Waals surface area (Å²) >= 11 is 6.32. The van der Waals surface area contributed by atoms with E-state index in [0.717, 1.165) is 32.7 Å². The van der Waals surface area contributed by atoms with Gasteiger partial charge in [-0.05, 0) is 23.3 Å². The zero-order chi connectivity index (χ0) is 17.5. The maximum Gasteiger partial charge on any atom is 0.145 e. The molecule has 5 aromatic rings. The Morgan fingerprint density at radius 2 is 1.38 bits per heavy atom. The smallest absolute Gasteiger partial charge is 0.145 e. The molecule has 0 spiro atoms. The van der Waals surface area contributed by atoms with Crippen molar-refractivity contribution < 1.29 is 0 Å². The third-order valence-electron chi connectivity index (χ3n) is 4.72. The molecular formula is C23H15ClN2. The van der Waals surface area contributed by atoms with Gasteiger partial charge in [-0.15, -0.1) is 0 Å². The summed E-state index contributed by atoms with van der Waals surface area (Å²) in [6.45, 7) is 0. The van der Waals surface area contributed by atoms with Crippen LogP contribution in [0.1, 0.15) is 0 Å². The van der Waals surface area contributed by atoms with E-state index in [9.17, 15) is 0 Å². The molecule has 5 rings (SSSR count). The van der Waals surface area contributed by atoms with Crippen LogP contribution >= 0.6 is 11.6 Å². The second-order valence-electron chi connectivity index (χ2n) is 6.32. The van der Waals surface area contributed by atoms with Crippen LogP contribution in [0, 0.1) is 0 Å². The van der Waals surface area contributed by atoms with Gasteiger partial charge in [-0.25, -0.2) is 4.98 Å². The summed E-state index contributed by atoms with van der Waals surface area (Å²) in [6, 6.07) is 26.9. The number of aromatic nitrogens is 2. The minimum atomic E-state index is 0.752. The van der Waals surface area contributed by atoms with E-state index in [0.29, 0.717) is 0 Å². The molecule has 0 radical (unpaired) electrons. The van der Waals surface area contributed by atoms with Gasteiger partial charge in [0, 0.05) is 33.8 Å². The fraction of sp³-hybridized carbons (Fsp3) is 0. The molecule has 0 aliphatic rings. The fourth-order valence-electron chi connectivity index (χ4n) is 3.37. The van der Waals surface area contributed by atoms with Gasteiger partial charge < -0.3 is 4.40 Å². The molecule has 26 heavy (non-hydrogen) atoms. The third-order valence-corrected chi connectivity index (χ3v) is 5.05. The molecule has 0 unspecified atom stereocenters. The molecule has 2 nitrogen and oxygen atoms in total. The van der Waals surface area contributed by atoms with E-state index in [1.54, 1.807) is 0 Å². The van der Waals surface area contributed by atoms with Gasteiger partial charge in [-0.3, -0.25) is 0 Å². The van der Waals surface area contributed by atoms with Gasteiger partial charge in [0.1, 0.15) is 5.65 Å².